The Balaban J connectivity index is 1.33. The van der Waals surface area contributed by atoms with Gasteiger partial charge < -0.3 is 19.3 Å². The van der Waals surface area contributed by atoms with Crippen LogP contribution in [0.2, 0.25) is 0 Å². The largest absolute Gasteiger partial charge is 0.497 e. The third-order valence-electron chi connectivity index (χ3n) is 7.58. The third kappa shape index (κ3) is 5.83. The van der Waals surface area contributed by atoms with E-state index in [-0.39, 0.29) is 41.0 Å². The highest BCUT2D eigenvalue weighted by molar-refractivity contribution is 5.80. The van der Waals surface area contributed by atoms with E-state index in [9.17, 15) is 19.2 Å². The maximum Gasteiger partial charge on any atom is 0.409 e. The van der Waals surface area contributed by atoms with Crippen LogP contribution in [0.1, 0.15) is 39.5 Å². The first-order chi connectivity index (χ1) is 17.7. The molecule has 0 N–H and O–H groups in total. The van der Waals surface area contributed by atoms with E-state index in [2.05, 4.69) is 0 Å². The van der Waals surface area contributed by atoms with E-state index in [4.69, 9.17) is 9.47 Å². The van der Waals surface area contributed by atoms with Crippen molar-refractivity contribution in [2.45, 2.75) is 46.1 Å². The molecule has 1 aromatic carbocycles. The van der Waals surface area contributed by atoms with Crippen molar-refractivity contribution in [1.29, 1.82) is 0 Å². The maximum atomic E-state index is 13.2. The smallest absolute Gasteiger partial charge is 0.409 e. The number of aryl methyl sites for hydroxylation is 1. The molecule has 1 aliphatic heterocycles. The molecule has 1 aromatic heterocycles. The molecule has 0 unspecified atom stereocenters. The molecule has 10 nitrogen and oxygen atoms in total. The molecule has 2 fully saturated rings. The number of hydrogen-bond acceptors (Lipinski definition) is 6. The highest BCUT2D eigenvalue weighted by atomic mass is 16.6. The predicted octanol–water partition coefficient (Wildman–Crippen LogP) is 2.45. The molecule has 37 heavy (non-hydrogen) atoms. The Hall–Kier alpha value is -3.30. The lowest BCUT2D eigenvalue weighted by Crippen LogP contribution is -2.52. The molecule has 1 saturated heterocycles. The van der Waals surface area contributed by atoms with Gasteiger partial charge in [0.1, 0.15) is 5.75 Å². The number of piperazine rings is 1. The molecule has 2 aliphatic rings. The number of methoxy groups -OCH3 is 1. The molecule has 0 atom stereocenters. The zero-order valence-corrected chi connectivity index (χ0v) is 22.3. The first-order valence-electron chi connectivity index (χ1n) is 13.2. The summed E-state index contributed by atoms with van der Waals surface area (Å²) in [5.41, 5.74) is -0.0553. The number of ether oxygens (including phenoxy) is 2. The monoisotopic (exact) mass is 514 g/mol. The number of benzene rings is 1. The summed E-state index contributed by atoms with van der Waals surface area (Å²) in [6.07, 6.45) is 2.72. The standard InChI is InChI=1S/C27H38N4O6/c1-18(2)17-37-27(35)30-13-11-29(12-14-30)24(32)20-7-5-19(6-8-20)16-31-25(33)22-15-21(36-4)9-10-23(22)28(3)26(31)34/h9-10,15,18-20H,5-8,11-14,16-17H2,1-4H3/t19-,20-. The van der Waals surface area contributed by atoms with Gasteiger partial charge in [-0.2, -0.15) is 0 Å². The topological polar surface area (TPSA) is 103 Å². The predicted molar refractivity (Wildman–Crippen MR) is 140 cm³/mol. The van der Waals surface area contributed by atoms with Crippen molar-refractivity contribution >= 4 is 22.9 Å². The summed E-state index contributed by atoms with van der Waals surface area (Å²) in [5, 5.41) is 0.456. The van der Waals surface area contributed by atoms with Gasteiger partial charge in [-0.25, -0.2) is 9.59 Å². The zero-order valence-electron chi connectivity index (χ0n) is 22.3. The quantitative estimate of drug-likeness (QED) is 0.587. The average Bonchev–Trinajstić information content (AvgIpc) is 2.92. The van der Waals surface area contributed by atoms with Crippen molar-refractivity contribution < 1.29 is 19.1 Å². The average molecular weight is 515 g/mol. The van der Waals surface area contributed by atoms with Crippen LogP contribution in [0.5, 0.6) is 5.75 Å². The molecular formula is C27H38N4O6. The van der Waals surface area contributed by atoms with Gasteiger partial charge in [-0.05, 0) is 55.7 Å². The van der Waals surface area contributed by atoms with Gasteiger partial charge in [-0.1, -0.05) is 13.8 Å². The molecule has 1 aliphatic carbocycles. The van der Waals surface area contributed by atoms with Crippen LogP contribution in [0.3, 0.4) is 0 Å². The van der Waals surface area contributed by atoms with Crippen LogP contribution in [-0.2, 0) is 23.1 Å². The van der Waals surface area contributed by atoms with Gasteiger partial charge in [0.2, 0.25) is 5.91 Å². The van der Waals surface area contributed by atoms with Crippen LogP contribution >= 0.6 is 0 Å². The van der Waals surface area contributed by atoms with Gasteiger partial charge >= 0.3 is 11.8 Å². The normalized spacial score (nSPS) is 20.4. The molecule has 2 heterocycles. The molecule has 2 amide bonds. The Bertz CT molecular complexity index is 1250. The number of carbonyl (C=O) groups is 2. The first-order valence-corrected chi connectivity index (χ1v) is 13.2. The van der Waals surface area contributed by atoms with E-state index >= 15 is 0 Å². The number of amides is 2. The number of carbonyl (C=O) groups excluding carboxylic acids is 2. The summed E-state index contributed by atoms with van der Waals surface area (Å²) in [6.45, 7) is 6.73. The number of aromatic nitrogens is 2. The number of hydrogen-bond donors (Lipinski definition) is 0. The fourth-order valence-electron chi connectivity index (χ4n) is 5.33. The molecule has 1 saturated carbocycles. The van der Waals surface area contributed by atoms with Crippen molar-refractivity contribution in [1.82, 2.24) is 18.9 Å². The second-order valence-electron chi connectivity index (χ2n) is 10.6. The van der Waals surface area contributed by atoms with Crippen LogP contribution in [-0.4, -0.2) is 70.8 Å². The Kier molecular flexibility index (Phi) is 8.24. The van der Waals surface area contributed by atoms with Crippen molar-refractivity contribution in [3.8, 4) is 5.75 Å². The van der Waals surface area contributed by atoms with E-state index in [0.29, 0.717) is 56.0 Å². The molecule has 0 radical (unpaired) electrons. The second-order valence-corrected chi connectivity index (χ2v) is 10.6. The lowest BCUT2D eigenvalue weighted by Gasteiger charge is -2.37. The van der Waals surface area contributed by atoms with E-state index in [1.807, 2.05) is 18.7 Å². The second kappa shape index (κ2) is 11.4. The van der Waals surface area contributed by atoms with Gasteiger partial charge in [0.25, 0.3) is 5.56 Å². The minimum Gasteiger partial charge on any atom is -0.497 e. The Morgan fingerprint density at radius 1 is 1.00 bits per heavy atom. The fraction of sp³-hybridized carbons (Fsp3) is 0.630. The van der Waals surface area contributed by atoms with Gasteiger partial charge in [0.05, 0.1) is 24.6 Å². The first kappa shape index (κ1) is 26.8. The highest BCUT2D eigenvalue weighted by Gasteiger charge is 2.32. The number of rotatable bonds is 6. The number of nitrogens with zero attached hydrogens (tertiary/aromatic N) is 4. The lowest BCUT2D eigenvalue weighted by molar-refractivity contribution is -0.138. The summed E-state index contributed by atoms with van der Waals surface area (Å²) < 4.78 is 13.4. The van der Waals surface area contributed by atoms with Crippen LogP contribution in [0.25, 0.3) is 10.9 Å². The van der Waals surface area contributed by atoms with E-state index in [1.54, 1.807) is 37.3 Å². The van der Waals surface area contributed by atoms with Gasteiger partial charge in [0.15, 0.2) is 0 Å². The van der Waals surface area contributed by atoms with Crippen LogP contribution in [0, 0.1) is 17.8 Å². The van der Waals surface area contributed by atoms with E-state index in [0.717, 1.165) is 25.7 Å². The van der Waals surface area contributed by atoms with Crippen molar-refractivity contribution in [2.75, 3.05) is 39.9 Å². The highest BCUT2D eigenvalue weighted by Crippen LogP contribution is 2.31. The van der Waals surface area contributed by atoms with Crippen LogP contribution in [0.4, 0.5) is 4.79 Å². The van der Waals surface area contributed by atoms with Gasteiger partial charge in [-0.3, -0.25) is 18.7 Å². The zero-order chi connectivity index (χ0) is 26.7. The minimum absolute atomic E-state index is 0.0592. The third-order valence-corrected chi connectivity index (χ3v) is 7.58. The summed E-state index contributed by atoms with van der Waals surface area (Å²) in [6, 6.07) is 5.14. The molecule has 0 spiro atoms. The molecule has 2 aromatic rings. The molecule has 202 valence electrons. The van der Waals surface area contributed by atoms with E-state index < -0.39 is 0 Å². The minimum atomic E-state index is -0.328. The summed E-state index contributed by atoms with van der Waals surface area (Å²) in [5.74, 6) is 1.09. The summed E-state index contributed by atoms with van der Waals surface area (Å²) >= 11 is 0. The molecule has 4 rings (SSSR count). The lowest BCUT2D eigenvalue weighted by atomic mass is 9.81. The van der Waals surface area contributed by atoms with Crippen molar-refractivity contribution in [3.63, 3.8) is 0 Å². The fourth-order valence-corrected chi connectivity index (χ4v) is 5.33. The Morgan fingerprint density at radius 2 is 1.65 bits per heavy atom. The van der Waals surface area contributed by atoms with Gasteiger partial charge in [-0.15, -0.1) is 0 Å². The van der Waals surface area contributed by atoms with Crippen LogP contribution < -0.4 is 16.0 Å². The Morgan fingerprint density at radius 3 is 2.27 bits per heavy atom. The van der Waals surface area contributed by atoms with Crippen molar-refractivity contribution in [3.05, 3.63) is 39.0 Å². The molecule has 0 bridgehead atoms. The maximum absolute atomic E-state index is 13.2. The molecular weight excluding hydrogens is 476 g/mol. The van der Waals surface area contributed by atoms with Crippen LogP contribution in [0.15, 0.2) is 27.8 Å². The number of fused-ring (bicyclic) bond motifs is 1. The summed E-state index contributed by atoms with van der Waals surface area (Å²) in [7, 11) is 3.22. The van der Waals surface area contributed by atoms with E-state index in [1.165, 1.54) is 9.13 Å². The summed E-state index contributed by atoms with van der Waals surface area (Å²) in [4.78, 5) is 55.0. The molecule has 10 heteroatoms. The SMILES string of the molecule is COc1ccc2c(c1)c(=O)n(C[C@H]1CC[C@H](C(=O)N3CCN(C(=O)OCC(C)C)CC3)CC1)c(=O)n2C. The Labute approximate surface area is 216 Å². The van der Waals surface area contributed by atoms with Crippen molar-refractivity contribution in [2.24, 2.45) is 24.8 Å². The van der Waals surface area contributed by atoms with Gasteiger partial charge in [0, 0.05) is 45.7 Å².